The number of aryl methyl sites for hydroxylation is 1. The van der Waals surface area contributed by atoms with Crippen LogP contribution in [-0.4, -0.2) is 32.3 Å². The number of nitrogens with zero attached hydrogens (tertiary/aromatic N) is 3. The van der Waals surface area contributed by atoms with Gasteiger partial charge >= 0.3 is 0 Å². The number of amides is 2. The van der Waals surface area contributed by atoms with Crippen molar-refractivity contribution >= 4 is 52.5 Å². The van der Waals surface area contributed by atoms with Gasteiger partial charge in [-0.05, 0) is 43.2 Å². The van der Waals surface area contributed by atoms with Crippen molar-refractivity contribution in [3.63, 3.8) is 0 Å². The Morgan fingerprint density at radius 3 is 2.62 bits per heavy atom. The molecule has 0 fully saturated rings. The number of aromatic nitrogens is 3. The van der Waals surface area contributed by atoms with Crippen molar-refractivity contribution in [1.82, 2.24) is 20.1 Å². The van der Waals surface area contributed by atoms with Gasteiger partial charge in [-0.2, -0.15) is 0 Å². The maximum atomic E-state index is 12.6. The molecule has 0 aliphatic carbocycles. The molecule has 2 aromatic carbocycles. The fourth-order valence-electron chi connectivity index (χ4n) is 3.11. The third-order valence-corrected chi connectivity index (χ3v) is 6.35. The number of rotatable bonds is 8. The lowest BCUT2D eigenvalue weighted by atomic mass is 10.1. The zero-order chi connectivity index (χ0) is 23.3. The Kier molecular flexibility index (Phi) is 8.17. The van der Waals surface area contributed by atoms with Crippen LogP contribution in [0.1, 0.15) is 41.6 Å². The van der Waals surface area contributed by atoms with E-state index in [0.29, 0.717) is 21.6 Å². The standard InChI is InChI=1S/C22H23Cl2N5O2S/c1-4-14-7-5-6-8-18(14)26-19(30)12-32-22-28-27-20(29(22)3)13(2)25-21(31)16-10-9-15(23)11-17(16)24/h5-11,13H,4,12H2,1-3H3,(H,25,31)(H,26,30)/t13-/m1/s1. The van der Waals surface area contributed by atoms with E-state index in [1.807, 2.05) is 31.2 Å². The predicted octanol–water partition coefficient (Wildman–Crippen LogP) is 4.91. The minimum absolute atomic E-state index is 0.126. The van der Waals surface area contributed by atoms with Gasteiger partial charge in [0, 0.05) is 17.8 Å². The van der Waals surface area contributed by atoms with Crippen LogP contribution in [0, 0.1) is 0 Å². The molecule has 0 unspecified atom stereocenters. The largest absolute Gasteiger partial charge is 0.342 e. The first-order valence-corrected chi connectivity index (χ1v) is 11.7. The molecule has 168 valence electrons. The van der Waals surface area contributed by atoms with Gasteiger partial charge in [-0.25, -0.2) is 0 Å². The first kappa shape index (κ1) is 24.1. The molecule has 0 radical (unpaired) electrons. The topological polar surface area (TPSA) is 88.9 Å². The SMILES string of the molecule is CCc1ccccc1NC(=O)CSc1nnc([C@@H](C)NC(=O)c2ccc(Cl)cc2Cl)n1C. The van der Waals surface area contributed by atoms with Crippen molar-refractivity contribution in [3.8, 4) is 0 Å². The molecule has 1 heterocycles. The van der Waals surface area contributed by atoms with Crippen molar-refractivity contribution in [2.45, 2.75) is 31.5 Å². The zero-order valence-electron chi connectivity index (χ0n) is 17.9. The number of hydrogen-bond acceptors (Lipinski definition) is 5. The molecule has 0 spiro atoms. The third kappa shape index (κ3) is 5.82. The molecule has 0 bridgehead atoms. The molecular formula is C22H23Cl2N5O2S. The molecule has 1 aromatic heterocycles. The molecule has 2 N–H and O–H groups in total. The highest BCUT2D eigenvalue weighted by atomic mass is 35.5. The number of thioether (sulfide) groups is 1. The fraction of sp³-hybridized carbons (Fsp3) is 0.273. The molecule has 2 amide bonds. The molecule has 7 nitrogen and oxygen atoms in total. The Morgan fingerprint density at radius 2 is 1.91 bits per heavy atom. The maximum Gasteiger partial charge on any atom is 0.253 e. The lowest BCUT2D eigenvalue weighted by molar-refractivity contribution is -0.113. The van der Waals surface area contributed by atoms with Crippen LogP contribution in [0.2, 0.25) is 10.0 Å². The average Bonchev–Trinajstić information content (AvgIpc) is 3.13. The fourth-order valence-corrected chi connectivity index (χ4v) is 4.32. The van der Waals surface area contributed by atoms with Crippen LogP contribution in [0.25, 0.3) is 0 Å². The highest BCUT2D eigenvalue weighted by molar-refractivity contribution is 7.99. The normalized spacial score (nSPS) is 11.8. The predicted molar refractivity (Wildman–Crippen MR) is 129 cm³/mol. The summed E-state index contributed by atoms with van der Waals surface area (Å²) >= 11 is 13.3. The van der Waals surface area contributed by atoms with E-state index in [4.69, 9.17) is 23.2 Å². The van der Waals surface area contributed by atoms with E-state index in [1.54, 1.807) is 30.7 Å². The maximum absolute atomic E-state index is 12.6. The summed E-state index contributed by atoms with van der Waals surface area (Å²) in [6, 6.07) is 12.0. The second-order valence-corrected chi connectivity index (χ2v) is 8.85. The Morgan fingerprint density at radius 1 is 1.16 bits per heavy atom. The molecule has 0 saturated carbocycles. The summed E-state index contributed by atoms with van der Waals surface area (Å²) in [5.74, 6) is 0.276. The van der Waals surface area contributed by atoms with Crippen LogP contribution in [0.15, 0.2) is 47.6 Å². The number of carbonyl (C=O) groups excluding carboxylic acids is 2. The summed E-state index contributed by atoms with van der Waals surface area (Å²) in [5.41, 5.74) is 2.22. The van der Waals surface area contributed by atoms with Crippen molar-refractivity contribution in [2.75, 3.05) is 11.1 Å². The number of benzene rings is 2. The van der Waals surface area contributed by atoms with Crippen LogP contribution >= 0.6 is 35.0 Å². The second kappa shape index (κ2) is 10.8. The van der Waals surface area contributed by atoms with E-state index in [-0.39, 0.29) is 22.6 Å². The average molecular weight is 492 g/mol. The van der Waals surface area contributed by atoms with Gasteiger partial charge in [0.15, 0.2) is 11.0 Å². The van der Waals surface area contributed by atoms with Crippen LogP contribution in [0.3, 0.4) is 0 Å². The Bertz CT molecular complexity index is 1140. The van der Waals surface area contributed by atoms with Gasteiger partial charge in [0.1, 0.15) is 0 Å². The highest BCUT2D eigenvalue weighted by Gasteiger charge is 2.20. The summed E-state index contributed by atoms with van der Waals surface area (Å²) in [6.45, 7) is 3.84. The van der Waals surface area contributed by atoms with Gasteiger partial charge in [-0.15, -0.1) is 10.2 Å². The lowest BCUT2D eigenvalue weighted by Gasteiger charge is -2.14. The first-order valence-electron chi connectivity index (χ1n) is 9.95. The van der Waals surface area contributed by atoms with Crippen molar-refractivity contribution < 1.29 is 9.59 Å². The van der Waals surface area contributed by atoms with Gasteiger partial charge in [-0.1, -0.05) is 60.1 Å². The molecule has 32 heavy (non-hydrogen) atoms. The highest BCUT2D eigenvalue weighted by Crippen LogP contribution is 2.23. The van der Waals surface area contributed by atoms with Gasteiger partial charge in [-0.3, -0.25) is 9.59 Å². The van der Waals surface area contributed by atoms with Crippen LogP contribution in [-0.2, 0) is 18.3 Å². The zero-order valence-corrected chi connectivity index (χ0v) is 20.2. The quantitative estimate of drug-likeness (QED) is 0.437. The third-order valence-electron chi connectivity index (χ3n) is 4.78. The number of carbonyl (C=O) groups is 2. The summed E-state index contributed by atoms with van der Waals surface area (Å²) < 4.78 is 1.76. The van der Waals surface area contributed by atoms with Crippen LogP contribution in [0.5, 0.6) is 0 Å². The van der Waals surface area contributed by atoms with E-state index in [2.05, 4.69) is 20.8 Å². The van der Waals surface area contributed by atoms with Crippen molar-refractivity contribution in [1.29, 1.82) is 0 Å². The molecule has 3 rings (SSSR count). The van der Waals surface area contributed by atoms with E-state index in [9.17, 15) is 9.59 Å². The second-order valence-electron chi connectivity index (χ2n) is 7.07. The van der Waals surface area contributed by atoms with Gasteiger partial charge in [0.25, 0.3) is 5.91 Å². The number of nitrogens with one attached hydrogen (secondary N) is 2. The van der Waals surface area contributed by atoms with Crippen molar-refractivity contribution in [2.24, 2.45) is 7.05 Å². The molecule has 0 aliphatic rings. The minimum atomic E-state index is -0.425. The summed E-state index contributed by atoms with van der Waals surface area (Å²) in [7, 11) is 1.79. The van der Waals surface area contributed by atoms with E-state index >= 15 is 0 Å². The van der Waals surface area contributed by atoms with Gasteiger partial charge in [0.05, 0.1) is 22.4 Å². The number of anilines is 1. The number of para-hydroxylation sites is 1. The molecule has 1 atom stereocenters. The Labute approximate surface area is 200 Å². The van der Waals surface area contributed by atoms with Gasteiger partial charge < -0.3 is 15.2 Å². The van der Waals surface area contributed by atoms with Crippen LogP contribution < -0.4 is 10.6 Å². The smallest absolute Gasteiger partial charge is 0.253 e. The number of hydrogen-bond donors (Lipinski definition) is 2. The Hall–Kier alpha value is -2.55. The molecular weight excluding hydrogens is 469 g/mol. The monoisotopic (exact) mass is 491 g/mol. The molecule has 10 heteroatoms. The minimum Gasteiger partial charge on any atom is -0.342 e. The first-order chi connectivity index (χ1) is 15.3. The van der Waals surface area contributed by atoms with E-state index in [0.717, 1.165) is 17.7 Å². The van der Waals surface area contributed by atoms with E-state index < -0.39 is 6.04 Å². The van der Waals surface area contributed by atoms with Crippen molar-refractivity contribution in [3.05, 3.63) is 69.5 Å². The van der Waals surface area contributed by atoms with Crippen LogP contribution in [0.4, 0.5) is 5.69 Å². The summed E-state index contributed by atoms with van der Waals surface area (Å²) in [6.07, 6.45) is 0.834. The molecule has 0 saturated heterocycles. The van der Waals surface area contributed by atoms with E-state index in [1.165, 1.54) is 17.8 Å². The van der Waals surface area contributed by atoms with Gasteiger partial charge in [0.2, 0.25) is 5.91 Å². The molecule has 0 aliphatic heterocycles. The lowest BCUT2D eigenvalue weighted by Crippen LogP contribution is -2.28. The molecule has 3 aromatic rings. The summed E-state index contributed by atoms with van der Waals surface area (Å²) in [5, 5.41) is 15.4. The Balaban J connectivity index is 1.60. The summed E-state index contributed by atoms with van der Waals surface area (Å²) in [4.78, 5) is 25.0. The number of halogens is 2.